The fourth-order valence-corrected chi connectivity index (χ4v) is 3.22. The fraction of sp³-hybridized carbons (Fsp3) is 0.263. The van der Waals surface area contributed by atoms with Crippen LogP contribution in [0.25, 0.3) is 11.0 Å². The van der Waals surface area contributed by atoms with E-state index >= 15 is 0 Å². The summed E-state index contributed by atoms with van der Waals surface area (Å²) in [6.07, 6.45) is 0.965. The van der Waals surface area contributed by atoms with Gasteiger partial charge >= 0.3 is 0 Å². The smallest absolute Gasteiger partial charge is 0.150 e. The number of carbonyl (C=O) groups is 1. The van der Waals surface area contributed by atoms with E-state index in [1.807, 2.05) is 39.0 Å². The average molecular weight is 292 g/mol. The van der Waals surface area contributed by atoms with E-state index in [2.05, 4.69) is 28.6 Å². The molecule has 3 aromatic rings. The van der Waals surface area contributed by atoms with Gasteiger partial charge < -0.3 is 4.57 Å². The number of nitrogens with zero attached hydrogens (tertiary/aromatic N) is 2. The SMILES string of the molecule is Cc1cc(C)c(Cn2c(C)nc3ccccc32)c(C)c1C=O. The number of hydrogen-bond acceptors (Lipinski definition) is 2. The van der Waals surface area contributed by atoms with E-state index in [0.717, 1.165) is 46.4 Å². The summed E-state index contributed by atoms with van der Waals surface area (Å²) in [5, 5.41) is 0. The minimum Gasteiger partial charge on any atom is -0.324 e. The molecule has 0 aliphatic heterocycles. The molecule has 1 aromatic heterocycles. The summed E-state index contributed by atoms with van der Waals surface area (Å²) < 4.78 is 2.22. The summed E-state index contributed by atoms with van der Waals surface area (Å²) in [7, 11) is 0. The Morgan fingerprint density at radius 1 is 1.09 bits per heavy atom. The maximum absolute atomic E-state index is 11.4. The van der Waals surface area contributed by atoms with Crippen molar-refractivity contribution in [2.75, 3.05) is 0 Å². The van der Waals surface area contributed by atoms with Crippen molar-refractivity contribution in [1.82, 2.24) is 9.55 Å². The molecule has 0 saturated carbocycles. The van der Waals surface area contributed by atoms with Gasteiger partial charge in [0.05, 0.1) is 11.0 Å². The number of para-hydroxylation sites is 2. The van der Waals surface area contributed by atoms with Gasteiger partial charge in [-0.15, -0.1) is 0 Å². The van der Waals surface area contributed by atoms with Crippen molar-refractivity contribution in [1.29, 1.82) is 0 Å². The Morgan fingerprint density at radius 3 is 2.55 bits per heavy atom. The van der Waals surface area contributed by atoms with Crippen LogP contribution in [0.4, 0.5) is 0 Å². The van der Waals surface area contributed by atoms with Gasteiger partial charge in [0.25, 0.3) is 0 Å². The van der Waals surface area contributed by atoms with Crippen LogP contribution in [0.5, 0.6) is 0 Å². The number of carbonyl (C=O) groups excluding carboxylic acids is 1. The van der Waals surface area contributed by atoms with E-state index in [1.54, 1.807) is 0 Å². The Hall–Kier alpha value is -2.42. The van der Waals surface area contributed by atoms with E-state index in [-0.39, 0.29) is 0 Å². The van der Waals surface area contributed by atoms with Crippen LogP contribution < -0.4 is 0 Å². The zero-order chi connectivity index (χ0) is 15.9. The molecule has 0 atom stereocenters. The summed E-state index contributed by atoms with van der Waals surface area (Å²) in [6.45, 7) is 8.90. The van der Waals surface area contributed by atoms with Crippen molar-refractivity contribution >= 4 is 17.3 Å². The highest BCUT2D eigenvalue weighted by molar-refractivity contribution is 5.81. The quantitative estimate of drug-likeness (QED) is 0.680. The first-order chi connectivity index (χ1) is 10.5. The Labute approximate surface area is 130 Å². The molecular formula is C19H20N2O. The molecular weight excluding hydrogens is 272 g/mol. The second-order valence-corrected chi connectivity index (χ2v) is 5.88. The summed E-state index contributed by atoms with van der Waals surface area (Å²) in [5.41, 5.74) is 7.50. The number of rotatable bonds is 3. The van der Waals surface area contributed by atoms with Crippen LogP contribution in [0.15, 0.2) is 30.3 Å². The number of aldehydes is 1. The minimum absolute atomic E-state index is 0.741. The van der Waals surface area contributed by atoms with Gasteiger partial charge in [-0.3, -0.25) is 4.79 Å². The van der Waals surface area contributed by atoms with E-state index in [4.69, 9.17) is 0 Å². The van der Waals surface area contributed by atoms with Crippen LogP contribution in [-0.2, 0) is 6.54 Å². The molecule has 0 radical (unpaired) electrons. The molecule has 3 rings (SSSR count). The van der Waals surface area contributed by atoms with Crippen LogP contribution in [0.2, 0.25) is 0 Å². The summed E-state index contributed by atoms with van der Waals surface area (Å²) in [4.78, 5) is 16.0. The molecule has 0 spiro atoms. The molecule has 22 heavy (non-hydrogen) atoms. The van der Waals surface area contributed by atoms with Crippen LogP contribution in [0, 0.1) is 27.7 Å². The lowest BCUT2D eigenvalue weighted by Crippen LogP contribution is -2.08. The lowest BCUT2D eigenvalue weighted by atomic mass is 9.94. The lowest BCUT2D eigenvalue weighted by Gasteiger charge is -2.16. The minimum atomic E-state index is 0.741. The molecule has 0 bridgehead atoms. The van der Waals surface area contributed by atoms with E-state index in [0.29, 0.717) is 0 Å². The van der Waals surface area contributed by atoms with Gasteiger partial charge in [0.15, 0.2) is 6.29 Å². The van der Waals surface area contributed by atoms with E-state index in [1.165, 1.54) is 11.1 Å². The van der Waals surface area contributed by atoms with Gasteiger partial charge in [-0.2, -0.15) is 0 Å². The number of imidazole rings is 1. The Balaban J connectivity index is 2.17. The molecule has 1 heterocycles. The second-order valence-electron chi connectivity index (χ2n) is 5.88. The van der Waals surface area contributed by atoms with Crippen LogP contribution >= 0.6 is 0 Å². The zero-order valence-corrected chi connectivity index (χ0v) is 13.5. The zero-order valence-electron chi connectivity index (χ0n) is 13.5. The maximum atomic E-state index is 11.4. The highest BCUT2D eigenvalue weighted by Gasteiger charge is 2.14. The van der Waals surface area contributed by atoms with Crippen molar-refractivity contribution in [3.8, 4) is 0 Å². The molecule has 0 amide bonds. The van der Waals surface area contributed by atoms with Crippen molar-refractivity contribution in [2.24, 2.45) is 0 Å². The number of hydrogen-bond donors (Lipinski definition) is 0. The summed E-state index contributed by atoms with van der Waals surface area (Å²) >= 11 is 0. The van der Waals surface area contributed by atoms with E-state index in [9.17, 15) is 4.79 Å². The van der Waals surface area contributed by atoms with Gasteiger partial charge in [-0.25, -0.2) is 4.98 Å². The summed E-state index contributed by atoms with van der Waals surface area (Å²) in [5.74, 6) is 0.994. The number of aryl methyl sites for hydroxylation is 3. The number of fused-ring (bicyclic) bond motifs is 1. The Morgan fingerprint density at radius 2 is 1.82 bits per heavy atom. The molecule has 3 nitrogen and oxygen atoms in total. The first-order valence-corrected chi connectivity index (χ1v) is 7.49. The Kier molecular flexibility index (Phi) is 3.57. The third-order valence-corrected chi connectivity index (χ3v) is 4.47. The third kappa shape index (κ3) is 2.23. The first-order valence-electron chi connectivity index (χ1n) is 7.49. The molecule has 2 aromatic carbocycles. The molecule has 3 heteroatoms. The average Bonchev–Trinajstić information content (AvgIpc) is 2.79. The van der Waals surface area contributed by atoms with Gasteiger partial charge in [0, 0.05) is 12.1 Å². The van der Waals surface area contributed by atoms with Crippen molar-refractivity contribution in [3.63, 3.8) is 0 Å². The van der Waals surface area contributed by atoms with Gasteiger partial charge in [-0.05, 0) is 62.1 Å². The standard InChI is InChI=1S/C19H20N2O/c1-12-9-13(2)17(11-22)14(3)16(12)10-21-15(4)20-18-7-5-6-8-19(18)21/h5-9,11H,10H2,1-4H3. The molecule has 0 aliphatic rings. The molecule has 0 aliphatic carbocycles. The maximum Gasteiger partial charge on any atom is 0.150 e. The molecule has 0 saturated heterocycles. The largest absolute Gasteiger partial charge is 0.324 e. The Bertz CT molecular complexity index is 875. The van der Waals surface area contributed by atoms with Gasteiger partial charge in [0.1, 0.15) is 5.82 Å². The monoisotopic (exact) mass is 292 g/mol. The fourth-order valence-electron chi connectivity index (χ4n) is 3.22. The van der Waals surface area contributed by atoms with Gasteiger partial charge in [0.2, 0.25) is 0 Å². The highest BCUT2D eigenvalue weighted by atomic mass is 16.1. The van der Waals surface area contributed by atoms with Crippen LogP contribution in [-0.4, -0.2) is 15.8 Å². The van der Waals surface area contributed by atoms with Gasteiger partial charge in [-0.1, -0.05) is 18.2 Å². The molecule has 0 N–H and O–H groups in total. The van der Waals surface area contributed by atoms with Crippen molar-refractivity contribution < 1.29 is 4.79 Å². The molecule has 0 fully saturated rings. The molecule has 112 valence electrons. The predicted molar refractivity (Wildman–Crippen MR) is 89.6 cm³/mol. The topological polar surface area (TPSA) is 34.9 Å². The second kappa shape index (κ2) is 5.41. The van der Waals surface area contributed by atoms with Crippen molar-refractivity contribution in [3.05, 3.63) is 64.0 Å². The summed E-state index contributed by atoms with van der Waals surface area (Å²) in [6, 6.07) is 10.3. The number of aromatic nitrogens is 2. The third-order valence-electron chi connectivity index (χ3n) is 4.47. The van der Waals surface area contributed by atoms with Crippen LogP contribution in [0.1, 0.15) is 38.4 Å². The lowest BCUT2D eigenvalue weighted by molar-refractivity contribution is 0.112. The van der Waals surface area contributed by atoms with Crippen molar-refractivity contribution in [2.45, 2.75) is 34.2 Å². The predicted octanol–water partition coefficient (Wildman–Crippen LogP) is 4.13. The highest BCUT2D eigenvalue weighted by Crippen LogP contribution is 2.24. The first kappa shape index (κ1) is 14.5. The molecule has 0 unspecified atom stereocenters. The number of benzene rings is 2. The van der Waals surface area contributed by atoms with Crippen LogP contribution in [0.3, 0.4) is 0 Å². The normalized spacial score (nSPS) is 11.1. The van der Waals surface area contributed by atoms with E-state index < -0.39 is 0 Å².